The minimum atomic E-state index is -0.288. The number of fused-ring (bicyclic) bond motifs is 2. The highest BCUT2D eigenvalue weighted by Gasteiger charge is 2.22. The maximum absolute atomic E-state index is 13.3. The van der Waals surface area contributed by atoms with E-state index in [1.54, 1.807) is 7.05 Å². The molecule has 1 aliphatic rings. The first-order valence-corrected chi connectivity index (χ1v) is 10.2. The quantitative estimate of drug-likeness (QED) is 0.539. The van der Waals surface area contributed by atoms with Gasteiger partial charge in [-0.2, -0.15) is 0 Å². The first kappa shape index (κ1) is 18.6. The number of imidazole rings is 1. The van der Waals surface area contributed by atoms with Crippen LogP contribution in [0.4, 0.5) is 5.95 Å². The summed E-state index contributed by atoms with van der Waals surface area (Å²) in [7, 11) is 1.62. The summed E-state index contributed by atoms with van der Waals surface area (Å²) in [5.41, 5.74) is 6.91. The molecule has 0 aliphatic carbocycles. The number of piperidine rings is 1. The summed E-state index contributed by atoms with van der Waals surface area (Å²) >= 11 is 0. The minimum Gasteiger partial charge on any atom is -0.341 e. The normalized spacial score (nSPS) is 17.1. The van der Waals surface area contributed by atoms with Crippen LogP contribution in [0.1, 0.15) is 18.4 Å². The van der Waals surface area contributed by atoms with Crippen LogP contribution in [0.3, 0.4) is 0 Å². The Morgan fingerprint density at radius 3 is 2.77 bits per heavy atom. The second-order valence-electron chi connectivity index (χ2n) is 7.96. The van der Waals surface area contributed by atoms with E-state index < -0.39 is 0 Å². The van der Waals surface area contributed by atoms with E-state index in [4.69, 9.17) is 5.73 Å². The molecule has 8 heteroatoms. The molecule has 1 aliphatic heterocycles. The van der Waals surface area contributed by atoms with Crippen LogP contribution < -0.4 is 21.8 Å². The van der Waals surface area contributed by atoms with E-state index in [0.717, 1.165) is 35.7 Å². The Kier molecular flexibility index (Phi) is 4.43. The number of aromatic amines is 1. The van der Waals surface area contributed by atoms with Gasteiger partial charge in [-0.15, -0.1) is 0 Å². The van der Waals surface area contributed by atoms with Gasteiger partial charge in [-0.25, -0.2) is 14.3 Å². The van der Waals surface area contributed by atoms with Crippen LogP contribution in [0, 0.1) is 0 Å². The van der Waals surface area contributed by atoms with Crippen LogP contribution in [0.25, 0.3) is 21.8 Å². The molecule has 8 nitrogen and oxygen atoms in total. The van der Waals surface area contributed by atoms with Crippen molar-refractivity contribution in [2.24, 2.45) is 12.8 Å². The Labute approximate surface area is 172 Å². The maximum Gasteiger partial charge on any atom is 0.293 e. The van der Waals surface area contributed by atoms with E-state index in [0.29, 0.717) is 19.0 Å². The molecule has 2 aromatic heterocycles. The molecule has 0 amide bonds. The Bertz CT molecular complexity index is 1360. The van der Waals surface area contributed by atoms with Crippen molar-refractivity contribution in [1.82, 2.24) is 19.3 Å². The number of nitrogens with two attached hydrogens (primary N) is 1. The van der Waals surface area contributed by atoms with E-state index in [1.807, 2.05) is 47.4 Å². The highest BCUT2D eigenvalue weighted by molar-refractivity contribution is 5.85. The largest absolute Gasteiger partial charge is 0.341 e. The standard InChI is InChI=1S/C22H24N6O2/c1-26-20(29)18-19(25-22(24-18)27-11-5-9-16(23)13-27)21(30)28(26)12-15-8-4-7-14-6-2-3-10-17(14)15/h2-4,6-8,10,16H,5,9,11-13,23H2,1H3,(H,24,25). The number of hydrogen-bond donors (Lipinski definition) is 2. The van der Waals surface area contributed by atoms with Crippen molar-refractivity contribution in [2.45, 2.75) is 25.4 Å². The lowest BCUT2D eigenvalue weighted by atomic mass is 10.0. The first-order valence-electron chi connectivity index (χ1n) is 10.2. The zero-order valence-corrected chi connectivity index (χ0v) is 16.8. The van der Waals surface area contributed by atoms with E-state index in [1.165, 1.54) is 9.36 Å². The zero-order valence-electron chi connectivity index (χ0n) is 16.8. The van der Waals surface area contributed by atoms with Gasteiger partial charge in [-0.05, 0) is 29.2 Å². The van der Waals surface area contributed by atoms with Gasteiger partial charge in [0.2, 0.25) is 5.95 Å². The lowest BCUT2D eigenvalue weighted by Gasteiger charge is -2.30. The van der Waals surface area contributed by atoms with Gasteiger partial charge in [0.25, 0.3) is 11.1 Å². The Hall–Kier alpha value is -3.39. The van der Waals surface area contributed by atoms with Crippen molar-refractivity contribution in [3.63, 3.8) is 0 Å². The smallest absolute Gasteiger partial charge is 0.293 e. The predicted octanol–water partition coefficient (Wildman–Crippen LogP) is 1.55. The fourth-order valence-electron chi connectivity index (χ4n) is 4.32. The maximum atomic E-state index is 13.3. The van der Waals surface area contributed by atoms with Gasteiger partial charge in [-0.1, -0.05) is 42.5 Å². The summed E-state index contributed by atoms with van der Waals surface area (Å²) in [6.07, 6.45) is 1.93. The van der Waals surface area contributed by atoms with Gasteiger partial charge in [0, 0.05) is 26.2 Å². The monoisotopic (exact) mass is 404 g/mol. The molecule has 3 N–H and O–H groups in total. The van der Waals surface area contributed by atoms with Gasteiger partial charge < -0.3 is 15.6 Å². The zero-order chi connectivity index (χ0) is 20.8. The summed E-state index contributed by atoms with van der Waals surface area (Å²) in [4.78, 5) is 35.9. The Morgan fingerprint density at radius 2 is 1.93 bits per heavy atom. The van der Waals surface area contributed by atoms with E-state index in [9.17, 15) is 9.59 Å². The molecule has 0 bridgehead atoms. The summed E-state index contributed by atoms with van der Waals surface area (Å²) in [6, 6.07) is 14.1. The summed E-state index contributed by atoms with van der Waals surface area (Å²) < 4.78 is 2.83. The van der Waals surface area contributed by atoms with Crippen LogP contribution in [-0.2, 0) is 13.6 Å². The third kappa shape index (κ3) is 3.00. The number of rotatable bonds is 3. The average Bonchev–Trinajstić information content (AvgIpc) is 3.21. The lowest BCUT2D eigenvalue weighted by Crippen LogP contribution is -2.43. The van der Waals surface area contributed by atoms with Crippen molar-refractivity contribution in [2.75, 3.05) is 18.0 Å². The molecule has 154 valence electrons. The highest BCUT2D eigenvalue weighted by atomic mass is 16.2. The van der Waals surface area contributed by atoms with E-state index in [2.05, 4.69) is 9.97 Å². The van der Waals surface area contributed by atoms with Gasteiger partial charge in [0.05, 0.1) is 6.54 Å². The summed E-state index contributed by atoms with van der Waals surface area (Å²) in [5, 5.41) is 2.15. The summed E-state index contributed by atoms with van der Waals surface area (Å²) in [6.45, 7) is 1.75. The molecule has 1 fully saturated rings. The van der Waals surface area contributed by atoms with Crippen molar-refractivity contribution in [3.05, 3.63) is 68.7 Å². The molecule has 1 saturated heterocycles. The number of nitrogens with zero attached hydrogens (tertiary/aromatic N) is 4. The molecule has 2 aromatic carbocycles. The Morgan fingerprint density at radius 1 is 1.13 bits per heavy atom. The number of H-pyrrole nitrogens is 1. The number of anilines is 1. The van der Waals surface area contributed by atoms with Crippen LogP contribution in [-0.4, -0.2) is 38.5 Å². The number of aromatic nitrogens is 4. The number of nitrogens with one attached hydrogen (secondary N) is 1. The molecule has 1 atom stereocenters. The van der Waals surface area contributed by atoms with Gasteiger partial charge in [0.15, 0.2) is 5.52 Å². The van der Waals surface area contributed by atoms with Crippen LogP contribution in [0.2, 0.25) is 0 Å². The van der Waals surface area contributed by atoms with E-state index in [-0.39, 0.29) is 28.2 Å². The molecular weight excluding hydrogens is 380 g/mol. The van der Waals surface area contributed by atoms with Crippen molar-refractivity contribution in [1.29, 1.82) is 0 Å². The van der Waals surface area contributed by atoms with Crippen molar-refractivity contribution < 1.29 is 0 Å². The van der Waals surface area contributed by atoms with Crippen molar-refractivity contribution in [3.8, 4) is 0 Å². The predicted molar refractivity (Wildman–Crippen MR) is 118 cm³/mol. The molecule has 0 saturated carbocycles. The lowest BCUT2D eigenvalue weighted by molar-refractivity contribution is 0.501. The first-order chi connectivity index (χ1) is 14.5. The highest BCUT2D eigenvalue weighted by Crippen LogP contribution is 2.20. The molecule has 0 radical (unpaired) electrons. The Balaban J connectivity index is 1.62. The molecule has 0 spiro atoms. The SMILES string of the molecule is Cn1c(=O)c2[nH]c(N3CCCC(N)C3)nc2c(=O)n1Cc1cccc2ccccc12. The van der Waals surface area contributed by atoms with E-state index >= 15 is 0 Å². The molecule has 1 unspecified atom stereocenters. The summed E-state index contributed by atoms with van der Waals surface area (Å²) in [5.74, 6) is 0.539. The van der Waals surface area contributed by atoms with Crippen molar-refractivity contribution >= 4 is 27.8 Å². The topological polar surface area (TPSA) is 102 Å². The molecule has 30 heavy (non-hydrogen) atoms. The van der Waals surface area contributed by atoms with Crippen LogP contribution in [0.5, 0.6) is 0 Å². The second-order valence-corrected chi connectivity index (χ2v) is 7.96. The van der Waals surface area contributed by atoms with Crippen LogP contribution in [0.15, 0.2) is 52.1 Å². The average molecular weight is 404 g/mol. The molecule has 3 heterocycles. The third-order valence-corrected chi connectivity index (χ3v) is 5.96. The minimum absolute atomic E-state index is 0.0674. The second kappa shape index (κ2) is 7.14. The van der Waals surface area contributed by atoms with Gasteiger partial charge in [0.1, 0.15) is 5.52 Å². The fourth-order valence-corrected chi connectivity index (χ4v) is 4.32. The third-order valence-electron chi connectivity index (χ3n) is 5.96. The van der Waals surface area contributed by atoms with Gasteiger partial charge in [-0.3, -0.25) is 9.59 Å². The number of hydrogen-bond acceptors (Lipinski definition) is 5. The molecule has 4 aromatic rings. The fraction of sp³-hybridized carbons (Fsp3) is 0.318. The van der Waals surface area contributed by atoms with Crippen LogP contribution >= 0.6 is 0 Å². The molecular formula is C22H24N6O2. The van der Waals surface area contributed by atoms with Gasteiger partial charge >= 0.3 is 0 Å². The molecule has 5 rings (SSSR count). The number of benzene rings is 2.